The second-order valence-electron chi connectivity index (χ2n) is 7.00. The first-order valence-electron chi connectivity index (χ1n) is 9.90. The van der Waals surface area contributed by atoms with Crippen molar-refractivity contribution in [2.45, 2.75) is 39.0 Å². The number of nitrogens with zero attached hydrogens (tertiary/aromatic N) is 3. The number of aromatic nitrogens is 3. The van der Waals surface area contributed by atoms with E-state index in [-0.39, 0.29) is 11.7 Å². The van der Waals surface area contributed by atoms with Crippen LogP contribution in [0.1, 0.15) is 23.9 Å². The molecule has 0 fully saturated rings. The third-order valence-electron chi connectivity index (χ3n) is 4.70. The Morgan fingerprint density at radius 3 is 2.68 bits per heavy atom. The number of carbonyl (C=O) groups is 1. The lowest BCUT2D eigenvalue weighted by atomic mass is 10.1. The molecular weight excluding hydrogens is 434 g/mol. The van der Waals surface area contributed by atoms with Gasteiger partial charge in [-0.1, -0.05) is 41.1 Å². The number of ether oxygens (including phenoxy) is 1. The quantitative estimate of drug-likeness (QED) is 0.442. The minimum atomic E-state index is -0.175. The average molecular weight is 460 g/mol. The van der Waals surface area contributed by atoms with Gasteiger partial charge in [-0.05, 0) is 50.6 Å². The molecule has 3 aromatic rings. The summed E-state index contributed by atoms with van der Waals surface area (Å²) in [6.45, 7) is 7.45. The Morgan fingerprint density at radius 2 is 1.97 bits per heavy atom. The summed E-state index contributed by atoms with van der Waals surface area (Å²) < 4.78 is 7.28. The third kappa shape index (κ3) is 5.92. The Hall–Kier alpha value is -2.71. The molecule has 164 valence electrons. The fourth-order valence-corrected chi connectivity index (χ4v) is 4.15. The van der Waals surface area contributed by atoms with Gasteiger partial charge >= 0.3 is 0 Å². The minimum Gasteiger partial charge on any atom is -0.495 e. The highest BCUT2D eigenvalue weighted by Crippen LogP contribution is 2.28. The number of halogens is 1. The van der Waals surface area contributed by atoms with Gasteiger partial charge < -0.3 is 19.9 Å². The molecule has 2 aromatic carbocycles. The number of hydrogen-bond donors (Lipinski definition) is 2. The minimum absolute atomic E-state index is 0.175. The molecule has 9 heteroatoms. The number of thioether (sulfide) groups is 1. The van der Waals surface area contributed by atoms with E-state index in [0.717, 1.165) is 11.5 Å². The van der Waals surface area contributed by atoms with Gasteiger partial charge in [-0.25, -0.2) is 0 Å². The number of aryl methyl sites for hydroxylation is 2. The molecule has 0 unspecified atom stereocenters. The van der Waals surface area contributed by atoms with E-state index >= 15 is 0 Å². The van der Waals surface area contributed by atoms with Crippen LogP contribution in [0.25, 0.3) is 0 Å². The van der Waals surface area contributed by atoms with Crippen molar-refractivity contribution in [2.24, 2.45) is 0 Å². The molecule has 0 atom stereocenters. The van der Waals surface area contributed by atoms with Crippen molar-refractivity contribution in [2.75, 3.05) is 23.5 Å². The molecule has 3 rings (SSSR count). The zero-order chi connectivity index (χ0) is 22.4. The molecule has 0 saturated heterocycles. The van der Waals surface area contributed by atoms with Gasteiger partial charge in [-0.15, -0.1) is 10.2 Å². The number of hydrogen-bond acceptors (Lipinski definition) is 6. The van der Waals surface area contributed by atoms with Gasteiger partial charge in [0.25, 0.3) is 0 Å². The van der Waals surface area contributed by atoms with E-state index in [1.54, 1.807) is 25.3 Å². The summed E-state index contributed by atoms with van der Waals surface area (Å²) >= 11 is 7.36. The van der Waals surface area contributed by atoms with Crippen LogP contribution in [0.3, 0.4) is 0 Å². The third-order valence-corrected chi connectivity index (χ3v) is 5.90. The van der Waals surface area contributed by atoms with Crippen molar-refractivity contribution in [1.29, 1.82) is 0 Å². The zero-order valence-electron chi connectivity index (χ0n) is 18.0. The predicted octanol–water partition coefficient (Wildman–Crippen LogP) is 4.92. The van der Waals surface area contributed by atoms with Gasteiger partial charge in [0.1, 0.15) is 5.75 Å². The molecule has 1 amide bonds. The molecule has 0 bridgehead atoms. The number of carbonyl (C=O) groups excluding carboxylic acids is 1. The molecule has 0 spiro atoms. The van der Waals surface area contributed by atoms with Crippen LogP contribution in [-0.2, 0) is 17.9 Å². The van der Waals surface area contributed by atoms with E-state index in [4.69, 9.17) is 16.3 Å². The van der Waals surface area contributed by atoms with Gasteiger partial charge in [0.05, 0.1) is 25.1 Å². The van der Waals surface area contributed by atoms with Crippen molar-refractivity contribution >= 4 is 40.6 Å². The monoisotopic (exact) mass is 459 g/mol. The first-order chi connectivity index (χ1) is 14.9. The number of methoxy groups -OCH3 is 1. The van der Waals surface area contributed by atoms with Crippen molar-refractivity contribution in [1.82, 2.24) is 14.8 Å². The SMILES string of the molecule is CCn1c(CNc2ccc(C)cc2C)nnc1SCC(=O)Nc1cc(Cl)ccc1OC. The van der Waals surface area contributed by atoms with E-state index in [2.05, 4.69) is 52.9 Å². The van der Waals surface area contributed by atoms with Crippen LogP contribution in [0.4, 0.5) is 11.4 Å². The average Bonchev–Trinajstić information content (AvgIpc) is 3.13. The first-order valence-corrected chi connectivity index (χ1v) is 11.3. The topological polar surface area (TPSA) is 81.1 Å². The van der Waals surface area contributed by atoms with E-state index in [9.17, 15) is 4.79 Å². The lowest BCUT2D eigenvalue weighted by molar-refractivity contribution is -0.113. The van der Waals surface area contributed by atoms with Crippen LogP contribution in [0.2, 0.25) is 5.02 Å². The summed E-state index contributed by atoms with van der Waals surface area (Å²) in [4.78, 5) is 12.4. The van der Waals surface area contributed by atoms with Crippen LogP contribution in [0, 0.1) is 13.8 Å². The number of benzene rings is 2. The van der Waals surface area contributed by atoms with Crippen molar-refractivity contribution in [3.63, 3.8) is 0 Å². The van der Waals surface area contributed by atoms with Gasteiger partial charge in [-0.3, -0.25) is 4.79 Å². The Kier molecular flexibility index (Phi) is 7.81. The highest BCUT2D eigenvalue weighted by atomic mass is 35.5. The van der Waals surface area contributed by atoms with Gasteiger partial charge in [0, 0.05) is 17.3 Å². The molecule has 1 aromatic heterocycles. The van der Waals surface area contributed by atoms with Crippen molar-refractivity contribution < 1.29 is 9.53 Å². The second kappa shape index (κ2) is 10.5. The Balaban J connectivity index is 1.61. The summed E-state index contributed by atoms with van der Waals surface area (Å²) in [5.74, 6) is 1.39. The summed E-state index contributed by atoms with van der Waals surface area (Å²) in [5, 5.41) is 16.1. The maximum Gasteiger partial charge on any atom is 0.234 e. The molecule has 0 aliphatic carbocycles. The normalized spacial score (nSPS) is 10.7. The maximum absolute atomic E-state index is 12.4. The van der Waals surface area contributed by atoms with Crippen LogP contribution in [0.15, 0.2) is 41.6 Å². The number of rotatable bonds is 9. The number of amides is 1. The lowest BCUT2D eigenvalue weighted by Gasteiger charge is -2.12. The molecule has 0 radical (unpaired) electrons. The van der Waals surface area contributed by atoms with Crippen LogP contribution < -0.4 is 15.4 Å². The smallest absolute Gasteiger partial charge is 0.234 e. The number of nitrogens with one attached hydrogen (secondary N) is 2. The van der Waals surface area contributed by atoms with Gasteiger partial charge in [0.15, 0.2) is 11.0 Å². The molecule has 31 heavy (non-hydrogen) atoms. The van der Waals surface area contributed by atoms with Gasteiger partial charge in [0.2, 0.25) is 5.91 Å². The number of anilines is 2. The summed E-state index contributed by atoms with van der Waals surface area (Å²) in [5.41, 5.74) is 4.02. The largest absolute Gasteiger partial charge is 0.495 e. The summed E-state index contributed by atoms with van der Waals surface area (Å²) in [7, 11) is 1.55. The zero-order valence-corrected chi connectivity index (χ0v) is 19.6. The van der Waals surface area contributed by atoms with E-state index in [1.807, 2.05) is 11.5 Å². The predicted molar refractivity (Wildman–Crippen MR) is 126 cm³/mol. The Labute approximate surface area is 191 Å². The fourth-order valence-electron chi connectivity index (χ4n) is 3.15. The lowest BCUT2D eigenvalue weighted by Crippen LogP contribution is -2.15. The first kappa shape index (κ1) is 23.0. The Bertz CT molecular complexity index is 1070. The van der Waals surface area contributed by atoms with E-state index < -0.39 is 0 Å². The van der Waals surface area contributed by atoms with Gasteiger partial charge in [-0.2, -0.15) is 0 Å². The molecule has 0 aliphatic heterocycles. The van der Waals surface area contributed by atoms with E-state index in [1.165, 1.54) is 22.9 Å². The molecule has 0 aliphatic rings. The Morgan fingerprint density at radius 1 is 1.16 bits per heavy atom. The van der Waals surface area contributed by atoms with E-state index in [0.29, 0.717) is 34.7 Å². The standard InChI is InChI=1S/C22H26ClN5O2S/c1-5-28-20(12-24-17-8-6-14(2)10-15(17)3)26-27-22(28)31-13-21(29)25-18-11-16(23)7-9-19(18)30-4/h6-11,24H,5,12-13H2,1-4H3,(H,25,29). The molecule has 0 saturated carbocycles. The van der Waals surface area contributed by atoms with Crippen molar-refractivity contribution in [3.05, 3.63) is 58.4 Å². The molecule has 1 heterocycles. The maximum atomic E-state index is 12.4. The second-order valence-corrected chi connectivity index (χ2v) is 8.38. The molecular formula is C22H26ClN5O2S. The van der Waals surface area contributed by atoms with Crippen LogP contribution in [0.5, 0.6) is 5.75 Å². The molecule has 7 nitrogen and oxygen atoms in total. The fraction of sp³-hybridized carbons (Fsp3) is 0.318. The van der Waals surface area contributed by atoms with Crippen LogP contribution >= 0.6 is 23.4 Å². The molecule has 2 N–H and O–H groups in total. The van der Waals surface area contributed by atoms with Crippen molar-refractivity contribution in [3.8, 4) is 5.75 Å². The highest BCUT2D eigenvalue weighted by Gasteiger charge is 2.14. The highest BCUT2D eigenvalue weighted by molar-refractivity contribution is 7.99. The summed E-state index contributed by atoms with van der Waals surface area (Å²) in [6, 6.07) is 11.4. The summed E-state index contributed by atoms with van der Waals surface area (Å²) in [6.07, 6.45) is 0. The van der Waals surface area contributed by atoms with Crippen LogP contribution in [-0.4, -0.2) is 33.5 Å².